The lowest BCUT2D eigenvalue weighted by atomic mass is 9.71. The zero-order chi connectivity index (χ0) is 38.4. The number of hydrogen-bond acceptors (Lipinski definition) is 4. The van der Waals surface area contributed by atoms with Crippen LogP contribution in [0.4, 0.5) is 0 Å². The third-order valence-corrected chi connectivity index (χ3v) is 13.0. The van der Waals surface area contributed by atoms with Gasteiger partial charge in [-0.3, -0.25) is 0 Å². The molecule has 2 atom stereocenters. The van der Waals surface area contributed by atoms with E-state index in [2.05, 4.69) is 119 Å². The molecule has 6 rings (SSSR count). The van der Waals surface area contributed by atoms with Gasteiger partial charge < -0.3 is 9.47 Å². The number of nitrogens with zero attached hydrogens (tertiary/aromatic N) is 2. The summed E-state index contributed by atoms with van der Waals surface area (Å²) in [7, 11) is 0. The molecule has 0 spiro atoms. The van der Waals surface area contributed by atoms with Crippen molar-refractivity contribution in [2.75, 3.05) is 13.2 Å². The van der Waals surface area contributed by atoms with Crippen molar-refractivity contribution in [1.82, 2.24) is 0 Å². The van der Waals surface area contributed by atoms with Gasteiger partial charge in [0.25, 0.3) is 0 Å². The van der Waals surface area contributed by atoms with Crippen molar-refractivity contribution in [3.05, 3.63) is 69.8 Å². The lowest BCUT2D eigenvalue weighted by molar-refractivity contribution is 0.212. The second-order valence-corrected chi connectivity index (χ2v) is 21.7. The minimum Gasteiger partial charge on any atom is -0.478 e. The quantitative estimate of drug-likeness (QED) is 0.272. The lowest BCUT2D eigenvalue weighted by Crippen LogP contribution is -2.44. The van der Waals surface area contributed by atoms with Gasteiger partial charge in [0.15, 0.2) is 11.8 Å². The molecule has 0 saturated heterocycles. The normalized spacial score (nSPS) is 22.7. The van der Waals surface area contributed by atoms with Crippen LogP contribution in [0.2, 0.25) is 0 Å². The van der Waals surface area contributed by atoms with Gasteiger partial charge in [-0.25, -0.2) is 9.98 Å². The molecule has 0 bridgehead atoms. The van der Waals surface area contributed by atoms with Crippen LogP contribution in [0.1, 0.15) is 181 Å². The Labute approximate surface area is 324 Å². The summed E-state index contributed by atoms with van der Waals surface area (Å²) in [5.41, 5.74) is 7.57. The monoisotopic (exact) mass is 723 g/mol. The molecule has 2 fully saturated rings. The highest BCUT2D eigenvalue weighted by atomic mass is 16.5. The van der Waals surface area contributed by atoms with E-state index in [1.54, 1.807) is 0 Å². The Kier molecular flexibility index (Phi) is 11.4. The first-order valence-corrected chi connectivity index (χ1v) is 21.4. The van der Waals surface area contributed by atoms with Gasteiger partial charge in [0.1, 0.15) is 18.6 Å². The maximum Gasteiger partial charge on any atom is 0.200 e. The largest absolute Gasteiger partial charge is 0.478 e. The van der Waals surface area contributed by atoms with Crippen molar-refractivity contribution in [1.29, 1.82) is 0 Å². The summed E-state index contributed by atoms with van der Waals surface area (Å²) in [5, 5.41) is 0. The molecule has 0 N–H and O–H groups in total. The molecular weight excluding hydrogens is 649 g/mol. The zero-order valence-electron chi connectivity index (χ0n) is 35.9. The molecule has 2 aromatic rings. The van der Waals surface area contributed by atoms with Crippen LogP contribution in [0.15, 0.2) is 46.4 Å². The fourth-order valence-corrected chi connectivity index (χ4v) is 9.30. The van der Waals surface area contributed by atoms with E-state index in [-0.39, 0.29) is 33.7 Å². The van der Waals surface area contributed by atoms with E-state index < -0.39 is 5.41 Å². The van der Waals surface area contributed by atoms with E-state index in [1.807, 2.05) is 0 Å². The summed E-state index contributed by atoms with van der Waals surface area (Å²) in [6, 6.07) is 15.2. The molecule has 2 aromatic carbocycles. The lowest BCUT2D eigenvalue weighted by Gasteiger charge is -2.35. The average molecular weight is 723 g/mol. The van der Waals surface area contributed by atoms with Gasteiger partial charge in [-0.1, -0.05) is 158 Å². The highest BCUT2D eigenvalue weighted by molar-refractivity contribution is 6.07. The second-order valence-electron chi connectivity index (χ2n) is 21.7. The topological polar surface area (TPSA) is 43.2 Å². The van der Waals surface area contributed by atoms with E-state index in [1.165, 1.54) is 97.6 Å². The molecule has 4 nitrogen and oxygen atoms in total. The number of benzene rings is 2. The molecule has 0 radical (unpaired) electrons. The van der Waals surface area contributed by atoms with Crippen LogP contribution in [0, 0.1) is 17.3 Å². The van der Waals surface area contributed by atoms with Crippen LogP contribution >= 0.6 is 0 Å². The van der Waals surface area contributed by atoms with Crippen molar-refractivity contribution >= 4 is 11.8 Å². The molecule has 2 saturated carbocycles. The number of hydrogen-bond donors (Lipinski definition) is 0. The van der Waals surface area contributed by atoms with Crippen LogP contribution in [-0.2, 0) is 44.0 Å². The molecular formula is C49H74N2O2. The van der Waals surface area contributed by atoms with Gasteiger partial charge >= 0.3 is 0 Å². The van der Waals surface area contributed by atoms with E-state index >= 15 is 0 Å². The number of ether oxygens (including phenoxy) is 2. The first-order chi connectivity index (χ1) is 24.7. The molecule has 292 valence electrons. The Balaban J connectivity index is 1.58. The predicted octanol–water partition coefficient (Wildman–Crippen LogP) is 12.4. The Morgan fingerprint density at radius 1 is 0.453 bits per heavy atom. The van der Waals surface area contributed by atoms with Gasteiger partial charge in [-0.15, -0.1) is 0 Å². The Morgan fingerprint density at radius 3 is 1.04 bits per heavy atom. The smallest absolute Gasteiger partial charge is 0.200 e. The Bertz CT molecular complexity index is 1450. The van der Waals surface area contributed by atoms with Crippen molar-refractivity contribution in [3.8, 4) is 0 Å². The van der Waals surface area contributed by atoms with Crippen molar-refractivity contribution in [2.45, 2.75) is 194 Å². The molecule has 53 heavy (non-hydrogen) atoms. The first-order valence-electron chi connectivity index (χ1n) is 21.4. The molecule has 2 aliphatic heterocycles. The maximum absolute atomic E-state index is 7.00. The number of aliphatic imine (C=N–C) groups is 2. The fourth-order valence-electron chi connectivity index (χ4n) is 9.30. The highest BCUT2D eigenvalue weighted by Crippen LogP contribution is 2.43. The van der Waals surface area contributed by atoms with E-state index in [0.717, 1.165) is 24.6 Å². The van der Waals surface area contributed by atoms with E-state index in [9.17, 15) is 0 Å². The molecule has 2 aliphatic carbocycles. The highest BCUT2D eigenvalue weighted by Gasteiger charge is 2.51. The van der Waals surface area contributed by atoms with Gasteiger partial charge in [-0.05, 0) is 105 Å². The molecule has 2 heterocycles. The van der Waals surface area contributed by atoms with Gasteiger partial charge in [-0.2, -0.15) is 0 Å². The summed E-state index contributed by atoms with van der Waals surface area (Å²) in [6.45, 7) is 29.5. The van der Waals surface area contributed by atoms with Gasteiger partial charge in [0.05, 0.1) is 12.1 Å². The first kappa shape index (κ1) is 40.1. The SMILES string of the molecule is CC(C)(C)c1cc(CC(Cc2cc(C(C)(C)C)cc(C(C)(C)C)c2)(C2=N[C@H](C3CCCCC3)CO2)C2=N[C@H](C3CCCCC3)CO2)cc(C(C)(C)C)c1. The standard InChI is InChI=1S/C49H74N2O2/c1-45(2,3)37-23-33(24-38(27-37)46(4,5)6)29-49(43-50-41(31-52-43)35-19-15-13-16-20-35,44-51-42(32-53-44)36-21-17-14-18-22-36)30-34-25-39(47(7,8)9)28-40(26-34)48(10,11)12/h23-28,35-36,41-42H,13-22,29-32H2,1-12H3/t41-,42-/m0/s1. The predicted molar refractivity (Wildman–Crippen MR) is 225 cm³/mol. The third kappa shape index (κ3) is 9.27. The van der Waals surface area contributed by atoms with Crippen LogP contribution in [0.25, 0.3) is 0 Å². The fraction of sp³-hybridized carbons (Fsp3) is 0.714. The summed E-state index contributed by atoms with van der Waals surface area (Å²) in [4.78, 5) is 11.4. The average Bonchev–Trinajstić information content (AvgIpc) is 3.79. The Morgan fingerprint density at radius 2 is 0.755 bits per heavy atom. The van der Waals surface area contributed by atoms with E-state index in [4.69, 9.17) is 19.5 Å². The summed E-state index contributed by atoms with van der Waals surface area (Å²) >= 11 is 0. The maximum atomic E-state index is 7.00. The van der Waals surface area contributed by atoms with Crippen LogP contribution in [0.5, 0.6) is 0 Å². The van der Waals surface area contributed by atoms with Crippen LogP contribution < -0.4 is 0 Å². The molecule has 0 aromatic heterocycles. The minimum atomic E-state index is -0.649. The summed E-state index contributed by atoms with van der Waals surface area (Å²) in [5.74, 6) is 2.92. The summed E-state index contributed by atoms with van der Waals surface area (Å²) in [6.07, 6.45) is 14.4. The van der Waals surface area contributed by atoms with Gasteiger partial charge in [0, 0.05) is 0 Å². The third-order valence-electron chi connectivity index (χ3n) is 13.0. The van der Waals surface area contributed by atoms with Gasteiger partial charge in [0.2, 0.25) is 0 Å². The summed E-state index contributed by atoms with van der Waals surface area (Å²) < 4.78 is 14.0. The van der Waals surface area contributed by atoms with Crippen LogP contribution in [-0.4, -0.2) is 37.1 Å². The Hall–Kier alpha value is -2.62. The van der Waals surface area contributed by atoms with Crippen molar-refractivity contribution < 1.29 is 9.47 Å². The molecule has 0 amide bonds. The molecule has 4 heteroatoms. The van der Waals surface area contributed by atoms with Crippen molar-refractivity contribution in [2.24, 2.45) is 27.2 Å². The van der Waals surface area contributed by atoms with Crippen LogP contribution in [0.3, 0.4) is 0 Å². The van der Waals surface area contributed by atoms with Crippen molar-refractivity contribution in [3.63, 3.8) is 0 Å². The minimum absolute atomic E-state index is 0.0161. The zero-order valence-corrected chi connectivity index (χ0v) is 35.9. The molecule has 0 unspecified atom stereocenters. The molecule has 4 aliphatic rings. The number of rotatable bonds is 8. The van der Waals surface area contributed by atoms with E-state index in [0.29, 0.717) is 25.0 Å². The second kappa shape index (κ2) is 15.1.